The molecule has 1 heterocycles. The number of hydrogen-bond donors (Lipinski definition) is 3. The van der Waals surface area contributed by atoms with E-state index >= 15 is 0 Å². The van der Waals surface area contributed by atoms with Gasteiger partial charge in [0.25, 0.3) is 10.0 Å². The van der Waals surface area contributed by atoms with E-state index in [9.17, 15) is 8.42 Å². The van der Waals surface area contributed by atoms with E-state index < -0.39 is 10.0 Å². The first-order valence-corrected chi connectivity index (χ1v) is 7.74. The molecule has 0 fully saturated rings. The Hall–Kier alpha value is -1.06. The van der Waals surface area contributed by atoms with Crippen molar-refractivity contribution in [3.8, 4) is 0 Å². The predicted octanol–water partition coefficient (Wildman–Crippen LogP) is 2.32. The molecule has 2 rings (SSSR count). The zero-order valence-electron chi connectivity index (χ0n) is 8.81. The van der Waals surface area contributed by atoms with Crippen molar-refractivity contribution in [3.63, 3.8) is 0 Å². The molecule has 0 saturated heterocycles. The SMILES string of the molecule is Nc1cc(Br)c(S(=O)(=O)Nc2ncc[nH]2)c(Br)c1. The number of nitrogen functional groups attached to an aromatic ring is 1. The van der Waals surface area contributed by atoms with Crippen molar-refractivity contribution in [2.24, 2.45) is 0 Å². The summed E-state index contributed by atoms with van der Waals surface area (Å²) in [6.45, 7) is 0. The maximum atomic E-state index is 12.2. The number of aromatic nitrogens is 2. The molecular formula is C9H8Br2N4O2S. The Labute approximate surface area is 120 Å². The lowest BCUT2D eigenvalue weighted by molar-refractivity contribution is 0.600. The van der Waals surface area contributed by atoms with Crippen molar-refractivity contribution in [3.05, 3.63) is 33.5 Å². The Morgan fingerprint density at radius 3 is 2.39 bits per heavy atom. The van der Waals surface area contributed by atoms with Crippen LogP contribution in [0, 0.1) is 0 Å². The molecule has 9 heteroatoms. The van der Waals surface area contributed by atoms with Crippen LogP contribution < -0.4 is 10.5 Å². The van der Waals surface area contributed by atoms with E-state index in [0.717, 1.165) is 0 Å². The number of benzene rings is 1. The second-order valence-electron chi connectivity index (χ2n) is 3.36. The maximum absolute atomic E-state index is 12.2. The van der Waals surface area contributed by atoms with E-state index in [2.05, 4.69) is 46.5 Å². The molecule has 4 N–H and O–H groups in total. The number of hydrogen-bond acceptors (Lipinski definition) is 4. The standard InChI is InChI=1S/C9H8Br2N4O2S/c10-6-3-5(12)4-7(11)8(6)18(16,17)15-9-13-1-2-14-9/h1-4H,12H2,(H2,13,14,15). The summed E-state index contributed by atoms with van der Waals surface area (Å²) in [5.41, 5.74) is 6.06. The number of H-pyrrole nitrogens is 1. The summed E-state index contributed by atoms with van der Waals surface area (Å²) in [4.78, 5) is 6.52. The van der Waals surface area contributed by atoms with Gasteiger partial charge in [-0.3, -0.25) is 0 Å². The van der Waals surface area contributed by atoms with Crippen LogP contribution >= 0.6 is 31.9 Å². The normalized spacial score (nSPS) is 11.4. The highest BCUT2D eigenvalue weighted by molar-refractivity contribution is 9.11. The molecule has 0 bridgehead atoms. The van der Waals surface area contributed by atoms with Crippen LogP contribution in [0.25, 0.3) is 0 Å². The number of nitrogens with two attached hydrogens (primary N) is 1. The number of halogens is 2. The minimum Gasteiger partial charge on any atom is -0.399 e. The Morgan fingerprint density at radius 2 is 1.89 bits per heavy atom. The monoisotopic (exact) mass is 394 g/mol. The van der Waals surface area contributed by atoms with Crippen LogP contribution in [0.2, 0.25) is 0 Å². The fourth-order valence-corrected chi connectivity index (χ4v) is 4.94. The van der Waals surface area contributed by atoms with Gasteiger partial charge in [-0.2, -0.15) is 0 Å². The number of aromatic amines is 1. The third-order valence-corrected chi connectivity index (χ3v) is 5.23. The second-order valence-corrected chi connectivity index (χ2v) is 6.68. The van der Waals surface area contributed by atoms with Crippen LogP contribution in [0.5, 0.6) is 0 Å². The minimum absolute atomic E-state index is 0.0631. The van der Waals surface area contributed by atoms with Gasteiger partial charge in [0.15, 0.2) is 0 Å². The Balaban J connectivity index is 2.48. The summed E-state index contributed by atoms with van der Waals surface area (Å²) in [6.07, 6.45) is 2.97. The number of nitrogens with one attached hydrogen (secondary N) is 2. The van der Waals surface area contributed by atoms with Crippen LogP contribution in [-0.4, -0.2) is 18.4 Å². The fourth-order valence-electron chi connectivity index (χ4n) is 1.34. The van der Waals surface area contributed by atoms with Gasteiger partial charge < -0.3 is 10.7 Å². The lowest BCUT2D eigenvalue weighted by Crippen LogP contribution is -2.15. The third kappa shape index (κ3) is 2.68. The second kappa shape index (κ2) is 4.90. The quantitative estimate of drug-likeness (QED) is 0.694. The van der Waals surface area contributed by atoms with Crippen molar-refractivity contribution in [2.45, 2.75) is 4.90 Å². The minimum atomic E-state index is -3.75. The Morgan fingerprint density at radius 1 is 1.28 bits per heavy atom. The molecule has 0 radical (unpaired) electrons. The fraction of sp³-hybridized carbons (Fsp3) is 0. The predicted molar refractivity (Wildman–Crippen MR) is 75.7 cm³/mol. The highest BCUT2D eigenvalue weighted by Crippen LogP contribution is 2.33. The van der Waals surface area contributed by atoms with E-state index in [0.29, 0.717) is 14.6 Å². The first kappa shape index (κ1) is 13.4. The average molecular weight is 396 g/mol. The summed E-state index contributed by atoms with van der Waals surface area (Å²) in [6, 6.07) is 3.03. The van der Waals surface area contributed by atoms with Crippen LogP contribution in [0.1, 0.15) is 0 Å². The molecule has 0 atom stereocenters. The van der Waals surface area contributed by atoms with E-state index in [1.807, 2.05) is 0 Å². The van der Waals surface area contributed by atoms with Gasteiger partial charge in [0.2, 0.25) is 5.95 Å². The smallest absolute Gasteiger partial charge is 0.266 e. The van der Waals surface area contributed by atoms with E-state index in [1.165, 1.54) is 24.5 Å². The molecule has 0 aliphatic carbocycles. The molecule has 0 unspecified atom stereocenters. The highest BCUT2D eigenvalue weighted by Gasteiger charge is 2.22. The summed E-state index contributed by atoms with van der Waals surface area (Å²) < 4.78 is 27.4. The molecule has 96 valence electrons. The number of anilines is 2. The van der Waals surface area contributed by atoms with E-state index in [1.54, 1.807) is 0 Å². The van der Waals surface area contributed by atoms with E-state index in [-0.39, 0.29) is 10.8 Å². The molecule has 0 saturated carbocycles. The molecule has 0 spiro atoms. The van der Waals surface area contributed by atoms with Crippen molar-refractivity contribution in [1.82, 2.24) is 9.97 Å². The van der Waals surface area contributed by atoms with Gasteiger partial charge in [-0.25, -0.2) is 18.1 Å². The van der Waals surface area contributed by atoms with Gasteiger partial charge in [0.1, 0.15) is 4.90 Å². The molecule has 0 aliphatic heterocycles. The zero-order valence-corrected chi connectivity index (χ0v) is 12.8. The molecule has 1 aromatic carbocycles. The van der Waals surface area contributed by atoms with E-state index in [4.69, 9.17) is 5.73 Å². The van der Waals surface area contributed by atoms with Gasteiger partial charge in [-0.1, -0.05) is 0 Å². The average Bonchev–Trinajstić information content (AvgIpc) is 2.66. The molecule has 2 aromatic rings. The molecule has 18 heavy (non-hydrogen) atoms. The lowest BCUT2D eigenvalue weighted by atomic mass is 10.3. The molecular weight excluding hydrogens is 388 g/mol. The first-order valence-electron chi connectivity index (χ1n) is 4.67. The topological polar surface area (TPSA) is 101 Å². The third-order valence-electron chi connectivity index (χ3n) is 2.02. The number of sulfonamides is 1. The zero-order chi connectivity index (χ0) is 13.3. The van der Waals surface area contributed by atoms with Gasteiger partial charge in [0.05, 0.1) is 0 Å². The van der Waals surface area contributed by atoms with Crippen molar-refractivity contribution in [1.29, 1.82) is 0 Å². The lowest BCUT2D eigenvalue weighted by Gasteiger charge is -2.10. The van der Waals surface area contributed by atoms with Crippen molar-refractivity contribution < 1.29 is 8.42 Å². The number of rotatable bonds is 3. The van der Waals surface area contributed by atoms with Crippen LogP contribution in [0.3, 0.4) is 0 Å². The first-order chi connectivity index (χ1) is 8.40. The molecule has 6 nitrogen and oxygen atoms in total. The van der Waals surface area contributed by atoms with Crippen LogP contribution in [0.15, 0.2) is 38.4 Å². The van der Waals surface area contributed by atoms with Crippen molar-refractivity contribution >= 4 is 53.5 Å². The number of imidazole rings is 1. The highest BCUT2D eigenvalue weighted by atomic mass is 79.9. The van der Waals surface area contributed by atoms with Gasteiger partial charge in [-0.05, 0) is 44.0 Å². The summed E-state index contributed by atoms with van der Waals surface area (Å²) in [7, 11) is -3.75. The Kier molecular flexibility index (Phi) is 3.64. The number of nitrogens with zero attached hydrogens (tertiary/aromatic N) is 1. The largest absolute Gasteiger partial charge is 0.399 e. The summed E-state index contributed by atoms with van der Waals surface area (Å²) in [5.74, 6) is 0.144. The molecule has 0 amide bonds. The summed E-state index contributed by atoms with van der Waals surface area (Å²) >= 11 is 6.36. The van der Waals surface area contributed by atoms with Gasteiger partial charge >= 0.3 is 0 Å². The maximum Gasteiger partial charge on any atom is 0.266 e. The molecule has 0 aliphatic rings. The van der Waals surface area contributed by atoms with Crippen LogP contribution in [-0.2, 0) is 10.0 Å². The Bertz CT molecular complexity index is 647. The van der Waals surface area contributed by atoms with Gasteiger partial charge in [0, 0.05) is 27.0 Å². The van der Waals surface area contributed by atoms with Crippen LogP contribution in [0.4, 0.5) is 11.6 Å². The summed E-state index contributed by atoms with van der Waals surface area (Å²) in [5, 5.41) is 0. The van der Waals surface area contributed by atoms with Crippen molar-refractivity contribution in [2.75, 3.05) is 10.5 Å². The van der Waals surface area contributed by atoms with Gasteiger partial charge in [-0.15, -0.1) is 0 Å². The molecule has 1 aromatic heterocycles.